The Labute approximate surface area is 136 Å². The van der Waals surface area contributed by atoms with Crippen molar-refractivity contribution < 1.29 is 4.74 Å². The van der Waals surface area contributed by atoms with Crippen LogP contribution in [-0.4, -0.2) is 10.8 Å². The van der Waals surface area contributed by atoms with Crippen molar-refractivity contribution in [2.24, 2.45) is 0 Å². The molecule has 0 aromatic heterocycles. The van der Waals surface area contributed by atoms with E-state index in [1.807, 2.05) is 74.5 Å². The molecule has 0 spiro atoms. The first-order valence-electron chi connectivity index (χ1n) is 7.13. The Kier molecular flexibility index (Phi) is 6.10. The van der Waals surface area contributed by atoms with Gasteiger partial charge in [-0.25, -0.2) is 0 Å². The highest BCUT2D eigenvalue weighted by atomic mass is 35.5. The molecule has 0 heterocycles. The van der Waals surface area contributed by atoms with Gasteiger partial charge in [-0.15, -0.1) is 23.2 Å². The second-order valence-electron chi connectivity index (χ2n) is 5.15. The van der Waals surface area contributed by atoms with Gasteiger partial charge in [0, 0.05) is 0 Å². The van der Waals surface area contributed by atoms with Crippen molar-refractivity contribution in [1.82, 2.24) is 0 Å². The summed E-state index contributed by atoms with van der Waals surface area (Å²) in [5.74, 6) is 0. The smallest absolute Gasteiger partial charge is 0.0994 e. The van der Waals surface area contributed by atoms with Crippen LogP contribution in [0.2, 0.25) is 0 Å². The molecule has 0 fully saturated rings. The minimum atomic E-state index is -0.195. The lowest BCUT2D eigenvalue weighted by atomic mass is 10.0. The molecule has 2 aromatic carbocycles. The van der Waals surface area contributed by atoms with E-state index in [-0.39, 0.29) is 23.0 Å². The van der Waals surface area contributed by atoms with Crippen molar-refractivity contribution in [1.29, 1.82) is 0 Å². The Bertz CT molecular complexity index is 476. The number of alkyl halides is 2. The zero-order valence-corrected chi connectivity index (χ0v) is 13.8. The van der Waals surface area contributed by atoms with E-state index in [9.17, 15) is 0 Å². The van der Waals surface area contributed by atoms with Crippen LogP contribution in [0.1, 0.15) is 37.2 Å². The normalized spacial score (nSPS) is 17.0. The van der Waals surface area contributed by atoms with Gasteiger partial charge in [0.25, 0.3) is 0 Å². The third kappa shape index (κ3) is 4.47. The lowest BCUT2D eigenvalue weighted by molar-refractivity contribution is -0.0151. The first kappa shape index (κ1) is 16.4. The maximum Gasteiger partial charge on any atom is 0.0994 e. The van der Waals surface area contributed by atoms with Crippen LogP contribution in [0.15, 0.2) is 60.7 Å². The fraction of sp³-hybridized carbons (Fsp3) is 0.333. The van der Waals surface area contributed by atoms with Crippen LogP contribution in [-0.2, 0) is 4.74 Å². The minimum absolute atomic E-state index is 0.144. The Hall–Kier alpha value is -1.02. The van der Waals surface area contributed by atoms with Gasteiger partial charge in [-0.2, -0.15) is 0 Å². The van der Waals surface area contributed by atoms with E-state index in [4.69, 9.17) is 27.9 Å². The summed E-state index contributed by atoms with van der Waals surface area (Å²) in [5, 5.41) is -0.289. The van der Waals surface area contributed by atoms with E-state index in [2.05, 4.69) is 0 Å². The highest BCUT2D eigenvalue weighted by Crippen LogP contribution is 2.34. The maximum atomic E-state index is 6.35. The van der Waals surface area contributed by atoms with Crippen LogP contribution in [0.25, 0.3) is 0 Å². The zero-order valence-electron chi connectivity index (χ0n) is 12.2. The van der Waals surface area contributed by atoms with Gasteiger partial charge in [0.05, 0.1) is 23.0 Å². The molecule has 0 saturated carbocycles. The minimum Gasteiger partial charge on any atom is -0.363 e. The van der Waals surface area contributed by atoms with Gasteiger partial charge in [0.1, 0.15) is 0 Å². The number of benzene rings is 2. The first-order chi connectivity index (χ1) is 10.1. The maximum absolute atomic E-state index is 6.35. The molecule has 0 N–H and O–H groups in total. The van der Waals surface area contributed by atoms with Crippen LogP contribution in [0.4, 0.5) is 0 Å². The second-order valence-corrected chi connectivity index (χ2v) is 6.53. The lowest BCUT2D eigenvalue weighted by Gasteiger charge is -2.28. The summed E-state index contributed by atoms with van der Waals surface area (Å²) in [6.07, 6.45) is -0.390. The van der Waals surface area contributed by atoms with E-state index >= 15 is 0 Å². The lowest BCUT2D eigenvalue weighted by Crippen LogP contribution is -2.21. The number of halogens is 2. The molecule has 21 heavy (non-hydrogen) atoms. The Morgan fingerprint density at radius 1 is 0.667 bits per heavy atom. The van der Waals surface area contributed by atoms with Crippen molar-refractivity contribution in [2.45, 2.75) is 36.8 Å². The number of ether oxygens (including phenoxy) is 1. The quantitative estimate of drug-likeness (QED) is 0.616. The standard InChI is InChI=1S/C18H20Cl2O/c1-13(19)17(15-9-5-3-6-10-15)21-18(14(2)20)16-11-7-4-8-12-16/h3-14,17-18H,1-2H3. The summed E-state index contributed by atoms with van der Waals surface area (Å²) < 4.78 is 6.28. The summed E-state index contributed by atoms with van der Waals surface area (Å²) in [6, 6.07) is 20.1. The molecule has 112 valence electrons. The fourth-order valence-electron chi connectivity index (χ4n) is 2.35. The number of hydrogen-bond acceptors (Lipinski definition) is 1. The molecule has 0 bridgehead atoms. The number of hydrogen-bond donors (Lipinski definition) is 0. The second kappa shape index (κ2) is 7.84. The highest BCUT2D eigenvalue weighted by molar-refractivity contribution is 6.21. The van der Waals surface area contributed by atoms with Gasteiger partial charge in [0.2, 0.25) is 0 Å². The third-order valence-electron chi connectivity index (χ3n) is 3.38. The fourth-order valence-corrected chi connectivity index (χ4v) is 2.76. The summed E-state index contributed by atoms with van der Waals surface area (Å²) >= 11 is 12.7. The Balaban J connectivity index is 2.25. The van der Waals surface area contributed by atoms with Gasteiger partial charge >= 0.3 is 0 Å². The molecule has 2 aromatic rings. The molecule has 0 saturated heterocycles. The average molecular weight is 323 g/mol. The van der Waals surface area contributed by atoms with Crippen LogP contribution >= 0.6 is 23.2 Å². The molecule has 0 aliphatic rings. The van der Waals surface area contributed by atoms with Crippen LogP contribution in [0.3, 0.4) is 0 Å². The molecule has 0 aliphatic carbocycles. The van der Waals surface area contributed by atoms with E-state index < -0.39 is 0 Å². The van der Waals surface area contributed by atoms with Gasteiger partial charge < -0.3 is 4.74 Å². The van der Waals surface area contributed by atoms with E-state index in [0.717, 1.165) is 11.1 Å². The van der Waals surface area contributed by atoms with Crippen molar-refractivity contribution >= 4 is 23.2 Å². The summed E-state index contributed by atoms with van der Waals surface area (Å²) in [5.41, 5.74) is 2.14. The van der Waals surface area contributed by atoms with E-state index in [1.165, 1.54) is 0 Å². The summed E-state index contributed by atoms with van der Waals surface area (Å²) in [4.78, 5) is 0. The molecule has 3 heteroatoms. The molecule has 4 unspecified atom stereocenters. The van der Waals surface area contributed by atoms with Gasteiger partial charge in [-0.05, 0) is 25.0 Å². The molecule has 1 nitrogen and oxygen atoms in total. The zero-order chi connectivity index (χ0) is 15.2. The highest BCUT2D eigenvalue weighted by Gasteiger charge is 2.26. The molecule has 0 amide bonds. The predicted octanol–water partition coefficient (Wildman–Crippen LogP) is 5.74. The Morgan fingerprint density at radius 2 is 1.00 bits per heavy atom. The van der Waals surface area contributed by atoms with Gasteiger partial charge in [-0.3, -0.25) is 0 Å². The van der Waals surface area contributed by atoms with Gasteiger partial charge in [0.15, 0.2) is 0 Å². The molecule has 0 aliphatic heterocycles. The summed E-state index contributed by atoms with van der Waals surface area (Å²) in [6.45, 7) is 3.89. The van der Waals surface area contributed by atoms with Crippen LogP contribution < -0.4 is 0 Å². The summed E-state index contributed by atoms with van der Waals surface area (Å²) in [7, 11) is 0. The molecular formula is C18H20Cl2O. The van der Waals surface area contributed by atoms with Crippen molar-refractivity contribution in [3.05, 3.63) is 71.8 Å². The molecule has 0 radical (unpaired) electrons. The third-order valence-corrected chi connectivity index (χ3v) is 3.84. The largest absolute Gasteiger partial charge is 0.363 e. The van der Waals surface area contributed by atoms with E-state index in [0.29, 0.717) is 0 Å². The molecule has 2 rings (SSSR count). The van der Waals surface area contributed by atoms with Crippen molar-refractivity contribution in [2.75, 3.05) is 0 Å². The van der Waals surface area contributed by atoms with Crippen molar-refractivity contribution in [3.8, 4) is 0 Å². The predicted molar refractivity (Wildman–Crippen MR) is 90.1 cm³/mol. The topological polar surface area (TPSA) is 9.23 Å². The Morgan fingerprint density at radius 3 is 1.29 bits per heavy atom. The monoisotopic (exact) mass is 322 g/mol. The number of rotatable bonds is 6. The average Bonchev–Trinajstić information content (AvgIpc) is 2.49. The van der Waals surface area contributed by atoms with Crippen LogP contribution in [0, 0.1) is 0 Å². The first-order valence-corrected chi connectivity index (χ1v) is 8.00. The van der Waals surface area contributed by atoms with Crippen LogP contribution in [0.5, 0.6) is 0 Å². The van der Waals surface area contributed by atoms with E-state index in [1.54, 1.807) is 0 Å². The molecular weight excluding hydrogens is 303 g/mol. The molecule has 4 atom stereocenters. The SMILES string of the molecule is CC(Cl)C(OC(c1ccccc1)C(C)Cl)c1ccccc1. The van der Waals surface area contributed by atoms with Crippen molar-refractivity contribution in [3.63, 3.8) is 0 Å². The van der Waals surface area contributed by atoms with Gasteiger partial charge in [-0.1, -0.05) is 60.7 Å².